The number of fused-ring (bicyclic) bond motifs is 1. The number of piperidine rings is 1. The third-order valence-electron chi connectivity index (χ3n) is 7.17. The number of aromatic amines is 1. The van der Waals surface area contributed by atoms with Crippen molar-refractivity contribution in [3.8, 4) is 0 Å². The van der Waals surface area contributed by atoms with Gasteiger partial charge in [-0.05, 0) is 56.3 Å². The largest absolute Gasteiger partial charge is 0.403 e. The second-order valence-electron chi connectivity index (χ2n) is 9.27. The minimum absolute atomic E-state index is 0.315. The molecule has 0 bridgehead atoms. The van der Waals surface area contributed by atoms with Crippen molar-refractivity contribution in [3.63, 3.8) is 0 Å². The lowest BCUT2D eigenvalue weighted by molar-refractivity contribution is 0.115. The van der Waals surface area contributed by atoms with Gasteiger partial charge in [-0.2, -0.15) is 0 Å². The highest BCUT2D eigenvalue weighted by atomic mass is 19.1. The summed E-state index contributed by atoms with van der Waals surface area (Å²) in [6.07, 6.45) is 10.6. The molecule has 8 heteroatoms. The van der Waals surface area contributed by atoms with Crippen molar-refractivity contribution in [3.05, 3.63) is 59.3 Å². The predicted octanol–water partition coefficient (Wildman–Crippen LogP) is 1.50. The van der Waals surface area contributed by atoms with Gasteiger partial charge in [0, 0.05) is 56.0 Å². The number of piperazine rings is 1. The molecule has 0 saturated carbocycles. The molecule has 0 spiro atoms. The van der Waals surface area contributed by atoms with Crippen molar-refractivity contribution in [2.24, 2.45) is 5.73 Å². The van der Waals surface area contributed by atoms with Gasteiger partial charge in [0.05, 0.1) is 22.6 Å². The van der Waals surface area contributed by atoms with E-state index in [1.807, 2.05) is 18.2 Å². The molecule has 5 heterocycles. The number of hydrogen-bond donors (Lipinski definition) is 2. The number of aromatic nitrogens is 3. The summed E-state index contributed by atoms with van der Waals surface area (Å²) in [6.45, 7) is 9.91. The third-order valence-corrected chi connectivity index (χ3v) is 7.17. The molecule has 3 aromatic heterocycles. The summed E-state index contributed by atoms with van der Waals surface area (Å²) in [7, 11) is 2.19. The van der Waals surface area contributed by atoms with Gasteiger partial charge in [-0.1, -0.05) is 12.6 Å². The van der Waals surface area contributed by atoms with Crippen molar-refractivity contribution >= 4 is 34.6 Å². The van der Waals surface area contributed by atoms with Gasteiger partial charge in [0.15, 0.2) is 5.82 Å². The quantitative estimate of drug-likeness (QED) is 0.613. The van der Waals surface area contributed by atoms with Crippen molar-refractivity contribution < 1.29 is 4.39 Å². The predicted molar refractivity (Wildman–Crippen MR) is 136 cm³/mol. The molecule has 3 aromatic rings. The molecule has 0 unspecified atom stereocenters. The zero-order chi connectivity index (χ0) is 23.7. The highest BCUT2D eigenvalue weighted by Crippen LogP contribution is 2.28. The Bertz CT molecular complexity index is 1280. The fourth-order valence-corrected chi connectivity index (χ4v) is 5.23. The van der Waals surface area contributed by atoms with Crippen LogP contribution in [0.25, 0.3) is 28.9 Å². The lowest BCUT2D eigenvalue weighted by atomic mass is 10.0. The van der Waals surface area contributed by atoms with Crippen LogP contribution >= 0.6 is 0 Å². The number of hydrogen-bond acceptors (Lipinski definition) is 6. The Labute approximate surface area is 199 Å². The number of pyridine rings is 2. The van der Waals surface area contributed by atoms with Crippen LogP contribution in [-0.4, -0.2) is 77.1 Å². The van der Waals surface area contributed by atoms with E-state index in [-0.39, 0.29) is 5.82 Å². The van der Waals surface area contributed by atoms with E-state index in [2.05, 4.69) is 43.3 Å². The Balaban J connectivity index is 1.50. The van der Waals surface area contributed by atoms with Gasteiger partial charge in [0.25, 0.3) is 0 Å². The van der Waals surface area contributed by atoms with Crippen molar-refractivity contribution in [1.29, 1.82) is 0 Å². The number of rotatable bonds is 4. The summed E-state index contributed by atoms with van der Waals surface area (Å²) in [4.78, 5) is 18.9. The van der Waals surface area contributed by atoms with Gasteiger partial charge in [-0.25, -0.2) is 9.37 Å². The van der Waals surface area contributed by atoms with Gasteiger partial charge < -0.3 is 20.5 Å². The average Bonchev–Trinajstić information content (AvgIpc) is 3.22. The smallest absolute Gasteiger partial charge is 0.165 e. The molecule has 0 aromatic carbocycles. The van der Waals surface area contributed by atoms with Crippen LogP contribution in [-0.2, 0) is 0 Å². The molecule has 34 heavy (non-hydrogen) atoms. The van der Waals surface area contributed by atoms with E-state index in [0.29, 0.717) is 22.7 Å². The first kappa shape index (κ1) is 22.6. The van der Waals surface area contributed by atoms with Crippen LogP contribution in [0.5, 0.6) is 0 Å². The van der Waals surface area contributed by atoms with Crippen LogP contribution in [0, 0.1) is 5.82 Å². The van der Waals surface area contributed by atoms with Crippen LogP contribution < -0.4 is 21.2 Å². The maximum absolute atomic E-state index is 15.3. The molecule has 5 rings (SSSR count). The summed E-state index contributed by atoms with van der Waals surface area (Å²) in [5.41, 5.74) is 8.83. The molecular formula is C26H32FN7. The van der Waals surface area contributed by atoms with E-state index in [9.17, 15) is 0 Å². The van der Waals surface area contributed by atoms with Gasteiger partial charge in [-0.15, -0.1) is 0 Å². The lowest BCUT2D eigenvalue weighted by Gasteiger charge is -2.43. The molecule has 7 nitrogen and oxygen atoms in total. The van der Waals surface area contributed by atoms with Gasteiger partial charge in [0.2, 0.25) is 0 Å². The Morgan fingerprint density at radius 3 is 2.62 bits per heavy atom. The molecule has 0 radical (unpaired) electrons. The van der Waals surface area contributed by atoms with Gasteiger partial charge in [-0.3, -0.25) is 9.88 Å². The highest BCUT2D eigenvalue weighted by Gasteiger charge is 2.28. The lowest BCUT2D eigenvalue weighted by Crippen LogP contribution is -2.53. The summed E-state index contributed by atoms with van der Waals surface area (Å²) in [5.74, 6) is -0.315. The topological polar surface area (TPSA) is 77.3 Å². The molecule has 0 aliphatic carbocycles. The minimum atomic E-state index is -0.315. The Morgan fingerprint density at radius 1 is 1.18 bits per heavy atom. The maximum atomic E-state index is 15.3. The zero-order valence-corrected chi connectivity index (χ0v) is 19.7. The molecule has 178 valence electrons. The van der Waals surface area contributed by atoms with Crippen LogP contribution in [0.2, 0.25) is 0 Å². The van der Waals surface area contributed by atoms with Crippen LogP contribution in [0.1, 0.15) is 18.4 Å². The van der Waals surface area contributed by atoms with Crippen molar-refractivity contribution in [1.82, 2.24) is 24.8 Å². The average molecular weight is 462 g/mol. The van der Waals surface area contributed by atoms with Crippen LogP contribution in [0.4, 0.5) is 10.1 Å². The molecule has 0 atom stereocenters. The number of nitrogens with zero attached hydrogens (tertiary/aromatic N) is 5. The van der Waals surface area contributed by atoms with E-state index in [0.717, 1.165) is 61.0 Å². The zero-order valence-electron chi connectivity index (χ0n) is 19.7. The molecule has 2 fully saturated rings. The van der Waals surface area contributed by atoms with E-state index in [1.165, 1.54) is 25.2 Å². The number of H-pyrrole nitrogens is 1. The number of likely N-dealkylation sites (tertiary alicyclic amines) is 1. The molecule has 2 aliphatic rings. The second kappa shape index (κ2) is 9.56. The monoisotopic (exact) mass is 461 g/mol. The van der Waals surface area contributed by atoms with E-state index < -0.39 is 0 Å². The van der Waals surface area contributed by atoms with E-state index >= 15 is 4.39 Å². The standard InChI is InChI=1S/C26H32FN7/c1-18(19-4-3-7-29-16-19)14-21-23(15-28)31-26-24(21)25(22(27)17-30-26)34-12-10-33(11-13-34)20-5-8-32(2)9-6-20/h3-4,7,14-17,20H,1,5-6,8-13,28H2,2H3,(H,30,31)/b21-14+,23-15+. The normalized spacial score (nSPS) is 19.9. The van der Waals surface area contributed by atoms with Crippen molar-refractivity contribution in [2.75, 3.05) is 51.2 Å². The minimum Gasteiger partial charge on any atom is -0.403 e. The van der Waals surface area contributed by atoms with Gasteiger partial charge >= 0.3 is 0 Å². The first-order valence-corrected chi connectivity index (χ1v) is 11.9. The fraction of sp³-hybridized carbons (Fsp3) is 0.385. The third kappa shape index (κ3) is 4.31. The van der Waals surface area contributed by atoms with Crippen LogP contribution in [0.3, 0.4) is 0 Å². The fourth-order valence-electron chi connectivity index (χ4n) is 5.23. The first-order chi connectivity index (χ1) is 16.5. The summed E-state index contributed by atoms with van der Waals surface area (Å²) >= 11 is 0. The highest BCUT2D eigenvalue weighted by molar-refractivity contribution is 5.96. The summed E-state index contributed by atoms with van der Waals surface area (Å²) < 4.78 is 15.3. The summed E-state index contributed by atoms with van der Waals surface area (Å²) in [5, 5.41) is 2.24. The summed E-state index contributed by atoms with van der Waals surface area (Å²) in [6, 6.07) is 4.45. The molecule has 2 aliphatic heterocycles. The number of allylic oxidation sites excluding steroid dienone is 1. The molecule has 2 saturated heterocycles. The van der Waals surface area contributed by atoms with E-state index in [1.54, 1.807) is 12.4 Å². The molecule has 0 amide bonds. The number of anilines is 1. The second-order valence-corrected chi connectivity index (χ2v) is 9.27. The number of halogens is 1. The Kier molecular flexibility index (Phi) is 6.34. The number of nitrogens with one attached hydrogen (secondary N) is 1. The van der Waals surface area contributed by atoms with Crippen molar-refractivity contribution in [2.45, 2.75) is 18.9 Å². The Morgan fingerprint density at radius 2 is 1.94 bits per heavy atom. The molecular weight excluding hydrogens is 429 g/mol. The molecule has 3 N–H and O–H groups in total. The Hall–Kier alpha value is -3.23. The van der Waals surface area contributed by atoms with Gasteiger partial charge in [0.1, 0.15) is 5.65 Å². The SMILES string of the molecule is C=C(/C=c1\c(=C/N)[nH]c2ncc(F)c(N3CCN(C4CCN(C)CC4)CC3)c12)c1cccnc1. The maximum Gasteiger partial charge on any atom is 0.165 e. The van der Waals surface area contributed by atoms with Crippen LogP contribution in [0.15, 0.2) is 37.3 Å². The number of nitrogens with two attached hydrogens (primary N) is 1. The first-order valence-electron chi connectivity index (χ1n) is 11.9. The van der Waals surface area contributed by atoms with E-state index in [4.69, 9.17) is 5.73 Å².